The Morgan fingerprint density at radius 3 is 2.67 bits per heavy atom. The molecule has 1 saturated heterocycles. The van der Waals surface area contributed by atoms with E-state index in [1.807, 2.05) is 24.3 Å². The highest BCUT2D eigenvalue weighted by molar-refractivity contribution is 5.79. The van der Waals surface area contributed by atoms with Crippen LogP contribution < -0.4 is 11.1 Å². The van der Waals surface area contributed by atoms with Gasteiger partial charge in [0, 0.05) is 19.1 Å². The number of hydrogen-bond acceptors (Lipinski definition) is 5. The number of aromatic nitrogens is 2. The molecule has 1 atom stereocenters. The van der Waals surface area contributed by atoms with Crippen LogP contribution in [0.1, 0.15) is 19.3 Å². The van der Waals surface area contributed by atoms with Crippen LogP contribution in [0.5, 0.6) is 0 Å². The van der Waals surface area contributed by atoms with Crippen LogP contribution in [0, 0.1) is 5.92 Å². The number of nitrogens with zero attached hydrogens (tertiary/aromatic N) is 3. The zero-order valence-electron chi connectivity index (χ0n) is 12.1. The Bertz CT molecular complexity index is 652. The highest BCUT2D eigenvalue weighted by atomic mass is 15.2. The second-order valence-electron chi connectivity index (χ2n) is 6.21. The van der Waals surface area contributed by atoms with E-state index in [-0.39, 0.29) is 0 Å². The van der Waals surface area contributed by atoms with Crippen LogP contribution in [0.25, 0.3) is 11.0 Å². The molecule has 2 aromatic rings. The van der Waals surface area contributed by atoms with Crippen LogP contribution in [0.15, 0.2) is 24.3 Å². The Kier molecular flexibility index (Phi) is 3.15. The molecule has 1 aromatic carbocycles. The molecule has 2 fully saturated rings. The van der Waals surface area contributed by atoms with Gasteiger partial charge in [0.15, 0.2) is 11.6 Å². The number of nitrogen functional groups attached to an aromatic ring is 1. The lowest BCUT2D eigenvalue weighted by molar-refractivity contribution is 0.316. The topological polar surface area (TPSA) is 67.1 Å². The highest BCUT2D eigenvalue weighted by Crippen LogP contribution is 2.31. The number of rotatable bonds is 4. The fraction of sp³-hybridized carbons (Fsp3) is 0.500. The van der Waals surface area contributed by atoms with E-state index in [2.05, 4.69) is 20.2 Å². The van der Waals surface area contributed by atoms with Crippen LogP contribution in [-0.4, -0.2) is 40.5 Å². The summed E-state index contributed by atoms with van der Waals surface area (Å²) in [5.74, 6) is 1.91. The van der Waals surface area contributed by atoms with E-state index >= 15 is 0 Å². The lowest BCUT2D eigenvalue weighted by Crippen LogP contribution is -2.25. The molecule has 0 bridgehead atoms. The molecule has 4 rings (SSSR count). The van der Waals surface area contributed by atoms with Gasteiger partial charge in [-0.05, 0) is 43.9 Å². The van der Waals surface area contributed by atoms with E-state index in [0.717, 1.165) is 29.4 Å². The van der Waals surface area contributed by atoms with Gasteiger partial charge in [-0.15, -0.1) is 0 Å². The Balaban J connectivity index is 1.43. The average Bonchev–Trinajstić information content (AvgIpc) is 3.24. The number of hydrogen-bond donors (Lipinski definition) is 2. The molecule has 2 heterocycles. The molecule has 1 unspecified atom stereocenters. The first-order valence-electron chi connectivity index (χ1n) is 7.80. The molecular weight excluding hydrogens is 262 g/mol. The van der Waals surface area contributed by atoms with E-state index in [0.29, 0.717) is 11.7 Å². The van der Waals surface area contributed by atoms with E-state index in [4.69, 9.17) is 5.73 Å². The second kappa shape index (κ2) is 5.15. The number of anilines is 2. The SMILES string of the molecule is Nc1nc2ccccc2nc1NCC1CCN(C2CC2)C1. The normalized spacial score (nSPS) is 22.8. The van der Waals surface area contributed by atoms with E-state index < -0.39 is 0 Å². The summed E-state index contributed by atoms with van der Waals surface area (Å²) in [6.07, 6.45) is 4.05. The first-order chi connectivity index (χ1) is 10.3. The molecule has 0 amide bonds. The van der Waals surface area contributed by atoms with Gasteiger partial charge in [0.25, 0.3) is 0 Å². The third-order valence-electron chi connectivity index (χ3n) is 4.54. The minimum absolute atomic E-state index is 0.491. The molecule has 5 heteroatoms. The quantitative estimate of drug-likeness (QED) is 0.899. The summed E-state index contributed by atoms with van der Waals surface area (Å²) < 4.78 is 0. The molecule has 1 aliphatic heterocycles. The Hall–Kier alpha value is -1.88. The molecule has 1 aromatic heterocycles. The minimum atomic E-state index is 0.491. The van der Waals surface area contributed by atoms with Crippen molar-refractivity contribution in [1.29, 1.82) is 0 Å². The lowest BCUT2D eigenvalue weighted by Gasteiger charge is -2.16. The summed E-state index contributed by atoms with van der Waals surface area (Å²) in [4.78, 5) is 11.6. The fourth-order valence-corrected chi connectivity index (χ4v) is 3.19. The standard InChI is InChI=1S/C16H21N5/c17-15-16(20-14-4-2-1-3-13(14)19-15)18-9-11-7-8-21(10-11)12-5-6-12/h1-4,11-12H,5-10H2,(H2,17,19)(H,18,20). The maximum absolute atomic E-state index is 6.01. The minimum Gasteiger partial charge on any atom is -0.381 e. The summed E-state index contributed by atoms with van der Waals surface area (Å²) >= 11 is 0. The molecule has 1 saturated carbocycles. The summed E-state index contributed by atoms with van der Waals surface area (Å²) in [5, 5.41) is 3.40. The molecule has 0 spiro atoms. The predicted molar refractivity (Wildman–Crippen MR) is 85.1 cm³/mol. The van der Waals surface area contributed by atoms with Gasteiger partial charge < -0.3 is 16.0 Å². The van der Waals surface area contributed by atoms with Crippen LogP contribution in [-0.2, 0) is 0 Å². The monoisotopic (exact) mass is 283 g/mol. The number of benzene rings is 1. The van der Waals surface area contributed by atoms with Crippen molar-refractivity contribution in [2.75, 3.05) is 30.7 Å². The second-order valence-corrected chi connectivity index (χ2v) is 6.21. The van der Waals surface area contributed by atoms with Crippen molar-refractivity contribution in [3.8, 4) is 0 Å². The molecule has 1 aliphatic carbocycles. The molecule has 3 N–H and O–H groups in total. The summed E-state index contributed by atoms with van der Waals surface area (Å²) in [5.41, 5.74) is 7.75. The third-order valence-corrected chi connectivity index (χ3v) is 4.54. The fourth-order valence-electron chi connectivity index (χ4n) is 3.19. The predicted octanol–water partition coefficient (Wildman–Crippen LogP) is 2.11. The third kappa shape index (κ3) is 2.65. The van der Waals surface area contributed by atoms with Crippen molar-refractivity contribution < 1.29 is 0 Å². The van der Waals surface area contributed by atoms with Crippen LogP contribution in [0.3, 0.4) is 0 Å². The first-order valence-corrected chi connectivity index (χ1v) is 7.80. The van der Waals surface area contributed by atoms with Gasteiger partial charge in [0.05, 0.1) is 11.0 Å². The van der Waals surface area contributed by atoms with E-state index in [1.54, 1.807) is 0 Å². The number of likely N-dealkylation sites (tertiary alicyclic amines) is 1. The largest absolute Gasteiger partial charge is 0.381 e. The smallest absolute Gasteiger partial charge is 0.169 e. The Labute approximate surface area is 124 Å². The molecule has 21 heavy (non-hydrogen) atoms. The maximum Gasteiger partial charge on any atom is 0.169 e. The number of para-hydroxylation sites is 2. The Morgan fingerprint density at radius 2 is 1.90 bits per heavy atom. The van der Waals surface area contributed by atoms with Gasteiger partial charge in [0.1, 0.15) is 0 Å². The summed E-state index contributed by atoms with van der Waals surface area (Å²) in [7, 11) is 0. The van der Waals surface area contributed by atoms with Crippen molar-refractivity contribution in [2.24, 2.45) is 5.92 Å². The van der Waals surface area contributed by atoms with Gasteiger partial charge in [-0.2, -0.15) is 0 Å². The molecule has 5 nitrogen and oxygen atoms in total. The molecule has 0 radical (unpaired) electrons. The summed E-state index contributed by atoms with van der Waals surface area (Å²) in [6.45, 7) is 3.38. The average molecular weight is 283 g/mol. The van der Waals surface area contributed by atoms with Crippen molar-refractivity contribution in [2.45, 2.75) is 25.3 Å². The first kappa shape index (κ1) is 12.8. The molecular formula is C16H21N5. The maximum atomic E-state index is 6.01. The van der Waals surface area contributed by atoms with Crippen molar-refractivity contribution >= 4 is 22.7 Å². The van der Waals surface area contributed by atoms with Crippen molar-refractivity contribution in [1.82, 2.24) is 14.9 Å². The summed E-state index contributed by atoms with van der Waals surface area (Å²) in [6, 6.07) is 8.71. The van der Waals surface area contributed by atoms with Crippen molar-refractivity contribution in [3.05, 3.63) is 24.3 Å². The van der Waals surface area contributed by atoms with Crippen LogP contribution >= 0.6 is 0 Å². The van der Waals surface area contributed by atoms with E-state index in [9.17, 15) is 0 Å². The van der Waals surface area contributed by atoms with Gasteiger partial charge in [-0.1, -0.05) is 12.1 Å². The van der Waals surface area contributed by atoms with E-state index in [1.165, 1.54) is 32.4 Å². The Morgan fingerprint density at radius 1 is 1.14 bits per heavy atom. The van der Waals surface area contributed by atoms with Crippen LogP contribution in [0.2, 0.25) is 0 Å². The lowest BCUT2D eigenvalue weighted by atomic mass is 10.1. The number of fused-ring (bicyclic) bond motifs is 1. The van der Waals surface area contributed by atoms with Crippen molar-refractivity contribution in [3.63, 3.8) is 0 Å². The van der Waals surface area contributed by atoms with Gasteiger partial charge >= 0.3 is 0 Å². The highest BCUT2D eigenvalue weighted by Gasteiger charge is 2.34. The van der Waals surface area contributed by atoms with Crippen LogP contribution in [0.4, 0.5) is 11.6 Å². The number of nitrogens with one attached hydrogen (secondary N) is 1. The van der Waals surface area contributed by atoms with Gasteiger partial charge in [-0.25, -0.2) is 9.97 Å². The molecule has 110 valence electrons. The molecule has 2 aliphatic rings. The van der Waals surface area contributed by atoms with Gasteiger partial charge in [0.2, 0.25) is 0 Å². The zero-order valence-corrected chi connectivity index (χ0v) is 12.1. The van der Waals surface area contributed by atoms with Gasteiger partial charge in [-0.3, -0.25) is 0 Å². The zero-order chi connectivity index (χ0) is 14.2. The number of nitrogens with two attached hydrogens (primary N) is 1.